The third kappa shape index (κ3) is 4.26. The summed E-state index contributed by atoms with van der Waals surface area (Å²) < 4.78 is 0. The molecular weight excluding hydrogens is 192 g/mol. The zero-order valence-corrected chi connectivity index (χ0v) is 8.95. The minimum Gasteiger partial charge on any atom is -0.481 e. The van der Waals surface area contributed by atoms with Crippen LogP contribution in [0.25, 0.3) is 0 Å². The normalized spacial score (nSPS) is 8.67. The molecule has 82 valence electrons. The van der Waals surface area contributed by atoms with Gasteiger partial charge in [-0.15, -0.1) is 0 Å². The van der Waals surface area contributed by atoms with Gasteiger partial charge in [-0.25, -0.2) is 0 Å². The van der Waals surface area contributed by atoms with E-state index < -0.39 is 5.97 Å². The SMILES string of the molecule is CC.N=C(CC(=O)O)c1ccccc1N. The van der Waals surface area contributed by atoms with Gasteiger partial charge in [-0.2, -0.15) is 0 Å². The molecule has 1 aromatic carbocycles. The van der Waals surface area contributed by atoms with Gasteiger partial charge in [-0.1, -0.05) is 32.0 Å². The molecule has 1 rings (SSSR count). The molecule has 0 bridgehead atoms. The molecule has 4 N–H and O–H groups in total. The van der Waals surface area contributed by atoms with Crippen LogP contribution in [0.1, 0.15) is 25.8 Å². The number of benzene rings is 1. The highest BCUT2D eigenvalue weighted by atomic mass is 16.4. The van der Waals surface area contributed by atoms with E-state index in [0.29, 0.717) is 11.3 Å². The van der Waals surface area contributed by atoms with Gasteiger partial charge in [0.1, 0.15) is 0 Å². The molecule has 0 aromatic heterocycles. The standard InChI is InChI=1S/C9H10N2O2.C2H6/c10-7-4-2-1-3-6(7)8(11)5-9(12)13;1-2/h1-4,11H,5,10H2,(H,12,13);1-2H3. The molecule has 0 radical (unpaired) electrons. The summed E-state index contributed by atoms with van der Waals surface area (Å²) >= 11 is 0. The van der Waals surface area contributed by atoms with E-state index in [0.717, 1.165) is 0 Å². The van der Waals surface area contributed by atoms with Crippen LogP contribution in [0.2, 0.25) is 0 Å². The maximum Gasteiger partial charge on any atom is 0.309 e. The molecule has 0 aliphatic heterocycles. The van der Waals surface area contributed by atoms with Gasteiger partial charge in [0.2, 0.25) is 0 Å². The number of hydrogen-bond acceptors (Lipinski definition) is 3. The van der Waals surface area contributed by atoms with E-state index in [1.54, 1.807) is 24.3 Å². The number of nitrogens with two attached hydrogens (primary N) is 1. The van der Waals surface area contributed by atoms with Crippen molar-refractivity contribution >= 4 is 17.4 Å². The second-order valence-electron chi connectivity index (χ2n) is 2.64. The van der Waals surface area contributed by atoms with Gasteiger partial charge in [0.25, 0.3) is 0 Å². The summed E-state index contributed by atoms with van der Waals surface area (Å²) in [7, 11) is 0. The Morgan fingerprint density at radius 3 is 2.40 bits per heavy atom. The zero-order chi connectivity index (χ0) is 11.8. The van der Waals surface area contributed by atoms with Crippen molar-refractivity contribution < 1.29 is 9.90 Å². The van der Waals surface area contributed by atoms with Crippen molar-refractivity contribution in [2.75, 3.05) is 5.73 Å². The Bertz CT molecular complexity index is 348. The largest absolute Gasteiger partial charge is 0.481 e. The van der Waals surface area contributed by atoms with Crippen LogP contribution < -0.4 is 5.73 Å². The van der Waals surface area contributed by atoms with Crippen molar-refractivity contribution in [1.29, 1.82) is 5.41 Å². The first-order valence-electron chi connectivity index (χ1n) is 4.75. The quantitative estimate of drug-likeness (QED) is 0.525. The number of carboxylic acids is 1. The third-order valence-electron chi connectivity index (χ3n) is 1.61. The average Bonchev–Trinajstić information content (AvgIpc) is 2.20. The first-order valence-corrected chi connectivity index (χ1v) is 4.75. The van der Waals surface area contributed by atoms with Crippen LogP contribution in [0.15, 0.2) is 24.3 Å². The monoisotopic (exact) mass is 208 g/mol. The maximum atomic E-state index is 10.3. The Hall–Kier alpha value is -1.84. The van der Waals surface area contributed by atoms with E-state index in [4.69, 9.17) is 16.2 Å². The highest BCUT2D eigenvalue weighted by molar-refractivity contribution is 6.09. The summed E-state index contributed by atoms with van der Waals surface area (Å²) in [5, 5.41) is 15.9. The van der Waals surface area contributed by atoms with E-state index in [2.05, 4.69) is 0 Å². The van der Waals surface area contributed by atoms with Gasteiger partial charge in [0.05, 0.1) is 12.1 Å². The van der Waals surface area contributed by atoms with Gasteiger partial charge >= 0.3 is 5.97 Å². The number of carbonyl (C=O) groups is 1. The van der Waals surface area contributed by atoms with Crippen molar-refractivity contribution in [3.8, 4) is 0 Å². The number of nitrogens with one attached hydrogen (secondary N) is 1. The van der Waals surface area contributed by atoms with Crippen LogP contribution in [0.4, 0.5) is 5.69 Å². The minimum atomic E-state index is -1.02. The number of para-hydroxylation sites is 1. The van der Waals surface area contributed by atoms with Crippen LogP contribution in [0, 0.1) is 5.41 Å². The molecular formula is C11H16N2O2. The first-order chi connectivity index (χ1) is 7.11. The summed E-state index contributed by atoms with van der Waals surface area (Å²) in [6.45, 7) is 4.00. The fraction of sp³-hybridized carbons (Fsp3) is 0.273. The Labute approximate surface area is 89.2 Å². The summed E-state index contributed by atoms with van der Waals surface area (Å²) in [5.41, 5.74) is 6.53. The first kappa shape index (κ1) is 13.2. The molecule has 15 heavy (non-hydrogen) atoms. The Morgan fingerprint density at radius 1 is 1.40 bits per heavy atom. The number of rotatable bonds is 3. The Morgan fingerprint density at radius 2 is 1.93 bits per heavy atom. The lowest BCUT2D eigenvalue weighted by atomic mass is 10.1. The van der Waals surface area contributed by atoms with Gasteiger partial charge in [0, 0.05) is 11.3 Å². The van der Waals surface area contributed by atoms with E-state index >= 15 is 0 Å². The number of hydrogen-bond donors (Lipinski definition) is 3. The van der Waals surface area contributed by atoms with Gasteiger partial charge in [-0.05, 0) is 6.07 Å². The number of nitrogen functional groups attached to an aromatic ring is 1. The molecule has 0 spiro atoms. The molecule has 0 saturated heterocycles. The molecule has 0 aliphatic rings. The summed E-state index contributed by atoms with van der Waals surface area (Å²) in [6.07, 6.45) is -0.297. The van der Waals surface area contributed by atoms with E-state index in [1.807, 2.05) is 13.8 Å². The molecule has 0 saturated carbocycles. The zero-order valence-electron chi connectivity index (χ0n) is 8.95. The lowest BCUT2D eigenvalue weighted by Gasteiger charge is -2.03. The molecule has 0 heterocycles. The van der Waals surface area contributed by atoms with Gasteiger partial charge in [0.15, 0.2) is 0 Å². The van der Waals surface area contributed by atoms with Crippen LogP contribution in [0.5, 0.6) is 0 Å². The van der Waals surface area contributed by atoms with Crippen molar-refractivity contribution in [3.05, 3.63) is 29.8 Å². The molecule has 0 unspecified atom stereocenters. The third-order valence-corrected chi connectivity index (χ3v) is 1.61. The van der Waals surface area contributed by atoms with E-state index in [-0.39, 0.29) is 12.1 Å². The maximum absolute atomic E-state index is 10.3. The lowest BCUT2D eigenvalue weighted by Crippen LogP contribution is -2.09. The number of aliphatic carboxylic acids is 1. The van der Waals surface area contributed by atoms with Gasteiger partial charge in [-0.3, -0.25) is 4.79 Å². The van der Waals surface area contributed by atoms with Crippen LogP contribution in [-0.2, 0) is 4.79 Å². The molecule has 0 aliphatic carbocycles. The van der Waals surface area contributed by atoms with Crippen molar-refractivity contribution in [2.45, 2.75) is 20.3 Å². The summed E-state index contributed by atoms with van der Waals surface area (Å²) in [6, 6.07) is 6.75. The van der Waals surface area contributed by atoms with Crippen LogP contribution >= 0.6 is 0 Å². The smallest absolute Gasteiger partial charge is 0.309 e. The minimum absolute atomic E-state index is 0.0330. The molecule has 4 heteroatoms. The Kier molecular flexibility index (Phi) is 5.78. The van der Waals surface area contributed by atoms with Crippen molar-refractivity contribution in [2.24, 2.45) is 0 Å². The van der Waals surface area contributed by atoms with Crippen molar-refractivity contribution in [3.63, 3.8) is 0 Å². The molecule has 0 atom stereocenters. The molecule has 0 amide bonds. The topological polar surface area (TPSA) is 87.2 Å². The highest BCUT2D eigenvalue weighted by Crippen LogP contribution is 2.12. The number of anilines is 1. The predicted molar refractivity (Wildman–Crippen MR) is 61.3 cm³/mol. The number of carboxylic acid groups (broad SMARTS) is 1. The van der Waals surface area contributed by atoms with Gasteiger partial charge < -0.3 is 16.2 Å². The average molecular weight is 208 g/mol. The lowest BCUT2D eigenvalue weighted by molar-refractivity contribution is -0.135. The van der Waals surface area contributed by atoms with Crippen LogP contribution in [0.3, 0.4) is 0 Å². The Balaban J connectivity index is 0.000000921. The summed E-state index contributed by atoms with van der Waals surface area (Å²) in [4.78, 5) is 10.3. The molecule has 1 aromatic rings. The second kappa shape index (κ2) is 6.59. The molecule has 0 fully saturated rings. The predicted octanol–water partition coefficient (Wildman–Crippen LogP) is 2.14. The fourth-order valence-electron chi connectivity index (χ4n) is 1.02. The van der Waals surface area contributed by atoms with E-state index in [1.165, 1.54) is 0 Å². The fourth-order valence-corrected chi connectivity index (χ4v) is 1.02. The highest BCUT2D eigenvalue weighted by Gasteiger charge is 2.08. The van der Waals surface area contributed by atoms with E-state index in [9.17, 15) is 4.79 Å². The summed E-state index contributed by atoms with van der Waals surface area (Å²) in [5.74, 6) is -1.02. The van der Waals surface area contributed by atoms with Crippen molar-refractivity contribution in [1.82, 2.24) is 0 Å². The van der Waals surface area contributed by atoms with Crippen LogP contribution in [-0.4, -0.2) is 16.8 Å². The second-order valence-corrected chi connectivity index (χ2v) is 2.64. The molecule has 4 nitrogen and oxygen atoms in total.